The van der Waals surface area contributed by atoms with E-state index in [4.69, 9.17) is 22.1 Å². The third-order valence-electron chi connectivity index (χ3n) is 2.99. The maximum atomic E-state index is 12.3. The molecule has 2 aromatic carbocycles. The summed E-state index contributed by atoms with van der Waals surface area (Å²) in [5, 5.41) is 3.39. The average Bonchev–Trinajstić information content (AvgIpc) is 2.45. The van der Waals surface area contributed by atoms with E-state index in [1.54, 1.807) is 30.3 Å². The van der Waals surface area contributed by atoms with Gasteiger partial charge in [-0.15, -0.1) is 0 Å². The fraction of sp³-hybridized carbons (Fsp3) is 0.133. The number of carbonyl (C=O) groups excluding carboxylic acids is 1. The number of nitrogen functional groups attached to an aromatic ring is 1. The molecule has 4 nitrogen and oxygen atoms in total. The first-order valence-corrected chi connectivity index (χ1v) is 7.30. The minimum atomic E-state index is -0.254. The molecule has 0 bridgehead atoms. The number of nitrogens with two attached hydrogens (primary N) is 1. The number of hydrogen-bond acceptors (Lipinski definition) is 3. The van der Waals surface area contributed by atoms with Crippen molar-refractivity contribution in [3.8, 4) is 5.75 Å². The summed E-state index contributed by atoms with van der Waals surface area (Å²) in [5.41, 5.74) is 8.20. The molecule has 0 fully saturated rings. The third-order valence-corrected chi connectivity index (χ3v) is 4.09. The van der Waals surface area contributed by atoms with Crippen molar-refractivity contribution in [1.29, 1.82) is 0 Å². The second-order valence-corrected chi connectivity index (χ2v) is 5.75. The van der Waals surface area contributed by atoms with Gasteiger partial charge >= 0.3 is 0 Å². The van der Waals surface area contributed by atoms with Gasteiger partial charge in [0.1, 0.15) is 5.75 Å². The molecule has 0 atom stereocenters. The summed E-state index contributed by atoms with van der Waals surface area (Å²) in [6.07, 6.45) is 0. The Labute approximate surface area is 136 Å². The fourth-order valence-corrected chi connectivity index (χ4v) is 2.33. The molecule has 0 saturated heterocycles. The van der Waals surface area contributed by atoms with Gasteiger partial charge in [0.05, 0.1) is 12.8 Å². The average molecular weight is 370 g/mol. The number of aryl methyl sites for hydroxylation is 1. The van der Waals surface area contributed by atoms with Gasteiger partial charge in [-0.2, -0.15) is 0 Å². The van der Waals surface area contributed by atoms with Gasteiger partial charge in [-0.1, -0.05) is 11.6 Å². The summed E-state index contributed by atoms with van der Waals surface area (Å²) < 4.78 is 5.91. The minimum absolute atomic E-state index is 0.254. The number of methoxy groups -OCH3 is 1. The van der Waals surface area contributed by atoms with Crippen LogP contribution in [0.4, 0.5) is 11.4 Å². The molecule has 0 radical (unpaired) electrons. The first kappa shape index (κ1) is 15.7. The standard InChI is InChI=1S/C15H14BrClN2O2/c1-8-5-13(14(21-2)7-11(8)17)19-15(20)9-3-4-12(18)10(16)6-9/h3-7H,18H2,1-2H3,(H,19,20). The maximum Gasteiger partial charge on any atom is 0.255 e. The van der Waals surface area contributed by atoms with E-state index in [9.17, 15) is 4.79 Å². The van der Waals surface area contributed by atoms with E-state index in [1.807, 2.05) is 6.92 Å². The van der Waals surface area contributed by atoms with E-state index < -0.39 is 0 Å². The zero-order valence-electron chi connectivity index (χ0n) is 11.5. The highest BCUT2D eigenvalue weighted by molar-refractivity contribution is 9.10. The summed E-state index contributed by atoms with van der Waals surface area (Å²) in [6.45, 7) is 1.86. The summed E-state index contributed by atoms with van der Waals surface area (Å²) in [7, 11) is 1.52. The number of nitrogens with one attached hydrogen (secondary N) is 1. The van der Waals surface area contributed by atoms with E-state index in [0.29, 0.717) is 32.2 Å². The minimum Gasteiger partial charge on any atom is -0.495 e. The summed E-state index contributed by atoms with van der Waals surface area (Å²) in [6, 6.07) is 8.44. The van der Waals surface area contributed by atoms with Gasteiger partial charge < -0.3 is 15.8 Å². The quantitative estimate of drug-likeness (QED) is 0.795. The van der Waals surface area contributed by atoms with Crippen LogP contribution in [-0.4, -0.2) is 13.0 Å². The van der Waals surface area contributed by atoms with E-state index in [0.717, 1.165) is 5.56 Å². The topological polar surface area (TPSA) is 64.3 Å². The number of anilines is 2. The van der Waals surface area contributed by atoms with Gasteiger partial charge in [-0.3, -0.25) is 4.79 Å². The largest absolute Gasteiger partial charge is 0.495 e. The lowest BCUT2D eigenvalue weighted by molar-refractivity contribution is 0.102. The van der Waals surface area contributed by atoms with Crippen molar-refractivity contribution in [2.24, 2.45) is 0 Å². The molecule has 0 heterocycles. The molecule has 2 rings (SSSR count). The van der Waals surface area contributed by atoms with E-state index >= 15 is 0 Å². The van der Waals surface area contributed by atoms with Crippen molar-refractivity contribution >= 4 is 44.8 Å². The molecule has 3 N–H and O–H groups in total. The number of ether oxygens (including phenoxy) is 1. The molecular weight excluding hydrogens is 356 g/mol. The molecule has 0 spiro atoms. The molecular formula is C15H14BrClN2O2. The van der Waals surface area contributed by atoms with Crippen LogP contribution in [0.5, 0.6) is 5.75 Å². The van der Waals surface area contributed by atoms with E-state index in [1.165, 1.54) is 7.11 Å². The predicted molar refractivity (Wildman–Crippen MR) is 89.2 cm³/mol. The second-order valence-electron chi connectivity index (χ2n) is 4.49. The number of halogens is 2. The first-order valence-electron chi connectivity index (χ1n) is 6.13. The highest BCUT2D eigenvalue weighted by Gasteiger charge is 2.12. The van der Waals surface area contributed by atoms with Crippen molar-refractivity contribution in [3.05, 3.63) is 51.0 Å². The summed E-state index contributed by atoms with van der Waals surface area (Å²) >= 11 is 9.35. The van der Waals surface area contributed by atoms with Crippen molar-refractivity contribution in [1.82, 2.24) is 0 Å². The number of amides is 1. The monoisotopic (exact) mass is 368 g/mol. The van der Waals surface area contributed by atoms with Gasteiger partial charge in [0.25, 0.3) is 5.91 Å². The van der Waals surface area contributed by atoms with Gasteiger partial charge in [-0.25, -0.2) is 0 Å². The highest BCUT2D eigenvalue weighted by atomic mass is 79.9. The molecule has 0 aromatic heterocycles. The molecule has 0 unspecified atom stereocenters. The van der Waals surface area contributed by atoms with Gasteiger partial charge in [0.15, 0.2) is 0 Å². The second kappa shape index (κ2) is 6.37. The zero-order valence-corrected chi connectivity index (χ0v) is 13.9. The molecule has 1 amide bonds. The zero-order chi connectivity index (χ0) is 15.6. The Bertz CT molecular complexity index is 704. The van der Waals surface area contributed by atoms with E-state index in [2.05, 4.69) is 21.2 Å². The van der Waals surface area contributed by atoms with Crippen LogP contribution in [0.2, 0.25) is 5.02 Å². The predicted octanol–water partition coefficient (Wildman–Crippen LogP) is 4.25. The Morgan fingerprint density at radius 2 is 2.05 bits per heavy atom. The SMILES string of the molecule is COc1cc(Cl)c(C)cc1NC(=O)c1ccc(N)c(Br)c1. The third kappa shape index (κ3) is 3.49. The Morgan fingerprint density at radius 1 is 1.33 bits per heavy atom. The van der Waals surface area contributed by atoms with Crippen LogP contribution < -0.4 is 15.8 Å². The summed E-state index contributed by atoms with van der Waals surface area (Å²) in [4.78, 5) is 12.3. The Hall–Kier alpha value is -1.72. The highest BCUT2D eigenvalue weighted by Crippen LogP contribution is 2.31. The molecule has 21 heavy (non-hydrogen) atoms. The van der Waals surface area contributed by atoms with Crippen LogP contribution >= 0.6 is 27.5 Å². The van der Waals surface area contributed by atoms with Crippen LogP contribution in [-0.2, 0) is 0 Å². The lowest BCUT2D eigenvalue weighted by Crippen LogP contribution is -2.13. The number of rotatable bonds is 3. The lowest BCUT2D eigenvalue weighted by Gasteiger charge is -2.12. The number of carbonyl (C=O) groups is 1. The Balaban J connectivity index is 2.31. The van der Waals surface area contributed by atoms with Crippen molar-refractivity contribution in [2.45, 2.75) is 6.92 Å². The van der Waals surface area contributed by atoms with Gasteiger partial charge in [0, 0.05) is 26.8 Å². The van der Waals surface area contributed by atoms with E-state index in [-0.39, 0.29) is 5.91 Å². The van der Waals surface area contributed by atoms with Crippen molar-refractivity contribution < 1.29 is 9.53 Å². The van der Waals surface area contributed by atoms with Crippen LogP contribution in [0.25, 0.3) is 0 Å². The summed E-state index contributed by atoms with van der Waals surface area (Å²) in [5.74, 6) is 0.254. The first-order chi connectivity index (χ1) is 9.92. The fourth-order valence-electron chi connectivity index (χ4n) is 1.79. The maximum absolute atomic E-state index is 12.3. The smallest absolute Gasteiger partial charge is 0.255 e. The van der Waals surface area contributed by atoms with Gasteiger partial charge in [0.2, 0.25) is 0 Å². The molecule has 0 aliphatic rings. The molecule has 110 valence electrons. The molecule has 6 heteroatoms. The normalized spacial score (nSPS) is 10.3. The number of hydrogen-bond donors (Lipinski definition) is 2. The van der Waals surface area contributed by atoms with Crippen LogP contribution in [0.15, 0.2) is 34.8 Å². The van der Waals surface area contributed by atoms with Crippen molar-refractivity contribution in [2.75, 3.05) is 18.2 Å². The number of benzene rings is 2. The van der Waals surface area contributed by atoms with Gasteiger partial charge in [-0.05, 0) is 52.7 Å². The molecule has 0 aliphatic carbocycles. The van der Waals surface area contributed by atoms with Crippen LogP contribution in [0, 0.1) is 6.92 Å². The molecule has 2 aromatic rings. The van der Waals surface area contributed by atoms with Crippen molar-refractivity contribution in [3.63, 3.8) is 0 Å². The van der Waals surface area contributed by atoms with Crippen LogP contribution in [0.3, 0.4) is 0 Å². The molecule has 0 aliphatic heterocycles. The Morgan fingerprint density at radius 3 is 2.67 bits per heavy atom. The molecule has 0 saturated carbocycles. The Kier molecular flexibility index (Phi) is 4.75. The lowest BCUT2D eigenvalue weighted by atomic mass is 10.1. The van der Waals surface area contributed by atoms with Crippen LogP contribution in [0.1, 0.15) is 15.9 Å².